The van der Waals surface area contributed by atoms with Crippen molar-refractivity contribution >= 4 is 45.4 Å². The summed E-state index contributed by atoms with van der Waals surface area (Å²) in [5.41, 5.74) is 1.30. The quantitative estimate of drug-likeness (QED) is 0.479. The molecule has 0 amide bonds. The van der Waals surface area contributed by atoms with Gasteiger partial charge in [-0.05, 0) is 0 Å². The fourth-order valence-corrected chi connectivity index (χ4v) is 1.91. The maximum Gasteiger partial charge on any atom is 0.175 e. The minimum absolute atomic E-state index is 0.364. The Morgan fingerprint density at radius 1 is 1.57 bits per heavy atom. The van der Waals surface area contributed by atoms with E-state index in [9.17, 15) is 0 Å². The van der Waals surface area contributed by atoms with Crippen molar-refractivity contribution < 1.29 is 4.74 Å². The van der Waals surface area contributed by atoms with Crippen LogP contribution >= 0.6 is 34.2 Å². The van der Waals surface area contributed by atoms with E-state index >= 15 is 0 Å². The first-order valence-corrected chi connectivity index (χ1v) is 5.21. The molecule has 2 aromatic heterocycles. The summed E-state index contributed by atoms with van der Waals surface area (Å²) in [7, 11) is 1.62. The van der Waals surface area contributed by atoms with Crippen molar-refractivity contribution in [3.05, 3.63) is 15.3 Å². The summed E-state index contributed by atoms with van der Waals surface area (Å²) in [5.74, 6) is 0. The fourth-order valence-electron chi connectivity index (χ4n) is 1.13. The second kappa shape index (κ2) is 3.95. The maximum atomic E-state index is 5.87. The smallest absolute Gasteiger partial charge is 0.175 e. The topological polar surface area (TPSA) is 52.8 Å². The number of methoxy groups -OCH3 is 1. The molecule has 0 unspecified atom stereocenters. The van der Waals surface area contributed by atoms with Crippen LogP contribution in [0.5, 0.6) is 0 Å². The Morgan fingerprint density at radius 2 is 2.36 bits per heavy atom. The zero-order valence-electron chi connectivity index (χ0n) is 7.24. The van der Waals surface area contributed by atoms with Crippen LogP contribution in [0.15, 0.2) is 6.33 Å². The summed E-state index contributed by atoms with van der Waals surface area (Å²) in [6.45, 7) is 0.405. The van der Waals surface area contributed by atoms with Crippen LogP contribution in [0.25, 0.3) is 11.2 Å². The van der Waals surface area contributed by atoms with Crippen LogP contribution in [0.3, 0.4) is 0 Å². The number of hydrogen-bond acceptors (Lipinski definition) is 4. The van der Waals surface area contributed by atoms with E-state index in [2.05, 4.69) is 37.5 Å². The molecule has 0 aliphatic carbocycles. The Kier molecular flexibility index (Phi) is 2.84. The number of aromatic nitrogens is 4. The van der Waals surface area contributed by atoms with Crippen LogP contribution in [0.2, 0.25) is 5.15 Å². The van der Waals surface area contributed by atoms with Crippen LogP contribution in [-0.4, -0.2) is 26.6 Å². The number of nitrogens with zero attached hydrogens (tertiary/aromatic N) is 4. The van der Waals surface area contributed by atoms with Gasteiger partial charge in [0.1, 0.15) is 18.6 Å². The molecule has 0 radical (unpaired) electrons. The summed E-state index contributed by atoms with van der Waals surface area (Å²) in [6.07, 6.45) is 1.41. The zero-order valence-corrected chi connectivity index (χ0v) is 10.2. The van der Waals surface area contributed by atoms with Gasteiger partial charge in [0, 0.05) is 29.7 Å². The van der Waals surface area contributed by atoms with Crippen molar-refractivity contribution in [3.8, 4) is 0 Å². The van der Waals surface area contributed by atoms with Crippen molar-refractivity contribution in [3.63, 3.8) is 0 Å². The van der Waals surface area contributed by atoms with Crippen molar-refractivity contribution in [2.24, 2.45) is 0 Å². The SMILES string of the molecule is COCn1c(I)nc2c(Cl)ncnc21. The average Bonchev–Trinajstić information content (AvgIpc) is 2.47. The van der Waals surface area contributed by atoms with E-state index in [0.717, 1.165) is 3.83 Å². The highest BCUT2D eigenvalue weighted by Gasteiger charge is 2.12. The molecule has 0 N–H and O–H groups in total. The highest BCUT2D eigenvalue weighted by Crippen LogP contribution is 2.20. The van der Waals surface area contributed by atoms with Gasteiger partial charge in [-0.25, -0.2) is 15.0 Å². The van der Waals surface area contributed by atoms with Gasteiger partial charge in [-0.2, -0.15) is 0 Å². The minimum atomic E-state index is 0.364. The van der Waals surface area contributed by atoms with E-state index in [1.165, 1.54) is 6.33 Å². The summed E-state index contributed by atoms with van der Waals surface area (Å²) >= 11 is 7.97. The van der Waals surface area contributed by atoms with Crippen LogP contribution in [0, 0.1) is 3.83 Å². The lowest BCUT2D eigenvalue weighted by molar-refractivity contribution is 0.132. The molecule has 2 rings (SSSR count). The van der Waals surface area contributed by atoms with E-state index in [1.54, 1.807) is 7.11 Å². The van der Waals surface area contributed by atoms with Crippen molar-refractivity contribution in [1.82, 2.24) is 19.5 Å². The predicted molar refractivity (Wildman–Crippen MR) is 60.1 cm³/mol. The molecule has 0 spiro atoms. The monoisotopic (exact) mass is 324 g/mol. The van der Waals surface area contributed by atoms with E-state index in [-0.39, 0.29) is 0 Å². The Bertz CT molecular complexity index is 472. The molecule has 2 heterocycles. The molecular weight excluding hydrogens is 318 g/mol. The van der Waals surface area contributed by atoms with Gasteiger partial charge in [-0.15, -0.1) is 0 Å². The van der Waals surface area contributed by atoms with Gasteiger partial charge in [0.25, 0.3) is 0 Å². The second-order valence-electron chi connectivity index (χ2n) is 2.56. The highest BCUT2D eigenvalue weighted by molar-refractivity contribution is 14.1. The molecule has 5 nitrogen and oxygen atoms in total. The first kappa shape index (κ1) is 10.1. The Morgan fingerprint density at radius 3 is 3.07 bits per heavy atom. The van der Waals surface area contributed by atoms with Gasteiger partial charge < -0.3 is 4.74 Å². The summed E-state index contributed by atoms with van der Waals surface area (Å²) < 4.78 is 7.63. The van der Waals surface area contributed by atoms with Crippen LogP contribution < -0.4 is 0 Å². The Hall–Kier alpha value is -0.470. The Balaban J connectivity index is 2.70. The molecule has 0 fully saturated rings. The number of halogens is 2. The molecule has 14 heavy (non-hydrogen) atoms. The lowest BCUT2D eigenvalue weighted by atomic mass is 10.5. The third-order valence-corrected chi connectivity index (χ3v) is 2.80. The summed E-state index contributed by atoms with van der Waals surface area (Å²) in [6, 6.07) is 0. The van der Waals surface area contributed by atoms with Gasteiger partial charge in [-0.1, -0.05) is 11.6 Å². The number of imidazole rings is 1. The lowest BCUT2D eigenvalue weighted by Gasteiger charge is -2.01. The van der Waals surface area contributed by atoms with Crippen LogP contribution in [0.4, 0.5) is 0 Å². The standard InChI is InChI=1S/C7H6ClIN4O/c1-14-3-13-6-4(12-7(13)9)5(8)10-2-11-6/h2H,3H2,1H3. The van der Waals surface area contributed by atoms with E-state index in [1.807, 2.05) is 4.57 Å². The third-order valence-electron chi connectivity index (χ3n) is 1.70. The third kappa shape index (κ3) is 1.57. The number of hydrogen-bond donors (Lipinski definition) is 0. The van der Waals surface area contributed by atoms with Gasteiger partial charge in [0.05, 0.1) is 0 Å². The predicted octanol–water partition coefficient (Wildman–Crippen LogP) is 1.69. The van der Waals surface area contributed by atoms with Crippen molar-refractivity contribution in [2.75, 3.05) is 7.11 Å². The van der Waals surface area contributed by atoms with Gasteiger partial charge in [-0.3, -0.25) is 4.57 Å². The van der Waals surface area contributed by atoms with E-state index in [4.69, 9.17) is 16.3 Å². The van der Waals surface area contributed by atoms with Gasteiger partial charge in [0.15, 0.2) is 14.6 Å². The molecule has 2 aromatic rings. The lowest BCUT2D eigenvalue weighted by Crippen LogP contribution is -2.02. The van der Waals surface area contributed by atoms with Crippen LogP contribution in [0.1, 0.15) is 0 Å². The van der Waals surface area contributed by atoms with Crippen LogP contribution in [-0.2, 0) is 11.5 Å². The second-order valence-corrected chi connectivity index (χ2v) is 3.89. The molecule has 0 aliphatic rings. The van der Waals surface area contributed by atoms with Crippen molar-refractivity contribution in [2.45, 2.75) is 6.73 Å². The molecule has 0 saturated carbocycles. The number of fused-ring (bicyclic) bond motifs is 1. The number of ether oxygens (including phenoxy) is 1. The molecule has 0 bridgehead atoms. The molecule has 0 saturated heterocycles. The van der Waals surface area contributed by atoms with E-state index in [0.29, 0.717) is 23.0 Å². The molecule has 7 heteroatoms. The molecule has 0 aliphatic heterocycles. The van der Waals surface area contributed by atoms with Crippen molar-refractivity contribution in [1.29, 1.82) is 0 Å². The molecule has 0 atom stereocenters. The fraction of sp³-hybridized carbons (Fsp3) is 0.286. The summed E-state index contributed by atoms with van der Waals surface area (Å²) in [4.78, 5) is 12.2. The highest BCUT2D eigenvalue weighted by atomic mass is 127. The first-order chi connectivity index (χ1) is 6.74. The largest absolute Gasteiger partial charge is 0.364 e. The Labute approximate surface area is 98.6 Å². The average molecular weight is 325 g/mol. The zero-order chi connectivity index (χ0) is 10.1. The number of rotatable bonds is 2. The van der Waals surface area contributed by atoms with E-state index < -0.39 is 0 Å². The first-order valence-electron chi connectivity index (χ1n) is 3.75. The maximum absolute atomic E-state index is 5.87. The van der Waals surface area contributed by atoms with Gasteiger partial charge in [0.2, 0.25) is 0 Å². The molecule has 0 aromatic carbocycles. The molecule has 74 valence electrons. The van der Waals surface area contributed by atoms with Gasteiger partial charge >= 0.3 is 0 Å². The molecular formula is C7H6ClIN4O. The summed E-state index contributed by atoms with van der Waals surface area (Å²) in [5, 5.41) is 0.364. The normalized spacial score (nSPS) is 11.1. The minimum Gasteiger partial charge on any atom is -0.364 e.